The Balaban J connectivity index is 1.29. The number of likely N-dealkylation sites (tertiary alicyclic amines) is 1. The van der Waals surface area contributed by atoms with Crippen LogP contribution in [0.3, 0.4) is 0 Å². The van der Waals surface area contributed by atoms with Gasteiger partial charge < -0.3 is 28.7 Å². The van der Waals surface area contributed by atoms with Crippen molar-refractivity contribution in [2.45, 2.75) is 103 Å². The van der Waals surface area contributed by atoms with E-state index in [1.807, 2.05) is 11.0 Å². The third-order valence-electron chi connectivity index (χ3n) is 10.8. The van der Waals surface area contributed by atoms with E-state index >= 15 is 17.6 Å². The summed E-state index contributed by atoms with van der Waals surface area (Å²) in [6.45, 7) is 11.4. The zero-order valence-electron chi connectivity index (χ0n) is 32.6. The molecule has 2 atom stereocenters. The molecule has 12 nitrogen and oxygen atoms in total. The Morgan fingerprint density at radius 2 is 1.74 bits per heavy atom. The number of nitriles is 1. The van der Waals surface area contributed by atoms with E-state index in [0.717, 1.165) is 31.0 Å². The summed E-state index contributed by atoms with van der Waals surface area (Å²) in [6, 6.07) is 4.25. The van der Waals surface area contributed by atoms with Crippen molar-refractivity contribution < 1.29 is 46.1 Å². The first-order valence-corrected chi connectivity index (χ1v) is 20.1. The number of rotatable bonds is 6. The SMILES string of the molecule is CC(C)(C)OC(=O)Nc1sc2c(F)ccc(-c3c(C(F)(F)F)cc4c(N5C6CCC5CN(C(=O)OC(C)(C)C)C6)nc(OCC56COC(C5)C6)nc4c3Cl)c2c1C#N. The van der Waals surface area contributed by atoms with Gasteiger partial charge in [-0.3, -0.25) is 5.32 Å². The summed E-state index contributed by atoms with van der Waals surface area (Å²) in [7, 11) is 0. The Kier molecular flexibility index (Phi) is 9.67. The Bertz CT molecular complexity index is 2380. The van der Waals surface area contributed by atoms with E-state index in [4.69, 9.17) is 35.5 Å². The number of alkyl halides is 3. The molecule has 2 unspecified atom stereocenters. The summed E-state index contributed by atoms with van der Waals surface area (Å²) in [5.41, 5.74) is -4.10. The van der Waals surface area contributed by atoms with Crippen molar-refractivity contribution in [3.05, 3.63) is 40.2 Å². The number of nitrogens with one attached hydrogen (secondary N) is 1. The second kappa shape index (κ2) is 14.0. The molecule has 4 saturated heterocycles. The number of carbonyl (C=O) groups excluding carboxylic acids is 2. The van der Waals surface area contributed by atoms with Crippen LogP contribution in [0.2, 0.25) is 5.02 Å². The quantitative estimate of drug-likeness (QED) is 0.187. The van der Waals surface area contributed by atoms with Crippen LogP contribution in [0.15, 0.2) is 18.2 Å². The van der Waals surface area contributed by atoms with Crippen LogP contribution in [0.25, 0.3) is 32.1 Å². The maximum absolute atomic E-state index is 15.5. The molecule has 308 valence electrons. The molecule has 4 aromatic rings. The maximum atomic E-state index is 15.5. The molecule has 5 fully saturated rings. The number of hydrogen-bond donors (Lipinski definition) is 1. The van der Waals surface area contributed by atoms with Gasteiger partial charge in [0.25, 0.3) is 0 Å². The number of amides is 2. The second-order valence-electron chi connectivity index (χ2n) is 17.5. The van der Waals surface area contributed by atoms with E-state index in [1.165, 1.54) is 0 Å². The van der Waals surface area contributed by atoms with E-state index in [0.29, 0.717) is 30.8 Å². The van der Waals surface area contributed by atoms with E-state index in [9.17, 15) is 14.9 Å². The molecule has 0 spiro atoms. The van der Waals surface area contributed by atoms with Gasteiger partial charge in [-0.1, -0.05) is 17.7 Å². The number of fused-ring (bicyclic) bond motifs is 5. The average Bonchev–Trinajstić information content (AvgIpc) is 3.86. The van der Waals surface area contributed by atoms with E-state index in [-0.39, 0.29) is 92.2 Å². The summed E-state index contributed by atoms with van der Waals surface area (Å²) in [4.78, 5) is 38.8. The predicted molar refractivity (Wildman–Crippen MR) is 209 cm³/mol. The lowest BCUT2D eigenvalue weighted by atomic mass is 9.71. The van der Waals surface area contributed by atoms with Gasteiger partial charge in [-0.2, -0.15) is 28.4 Å². The fourth-order valence-corrected chi connectivity index (χ4v) is 9.86. The van der Waals surface area contributed by atoms with Crippen molar-refractivity contribution >= 4 is 66.9 Å². The van der Waals surface area contributed by atoms with Crippen molar-refractivity contribution in [2.24, 2.45) is 5.41 Å². The number of nitrogens with zero attached hydrogens (tertiary/aromatic N) is 5. The van der Waals surface area contributed by atoms with Gasteiger partial charge in [0.15, 0.2) is 0 Å². The standard InChI is InChI=1S/C40H41ClF4N6O6S/c1-37(2,3)56-35(52)49-33-24(14-46)27-22(9-10-26(42)31(27)58-33)28-25(40(43,44)45)11-23-30(29(28)41)47-34(55-18-39-12-21(13-39)54-17-39)48-32(23)51-19-7-8-20(51)16-50(15-19)36(53)57-38(4,5)6/h9-11,19-21H,7-8,12-13,15-18H2,1-6H3,(H,49,52). The lowest BCUT2D eigenvalue weighted by molar-refractivity contribution is -0.137. The Hall–Kier alpha value is -4.66. The third-order valence-corrected chi connectivity index (χ3v) is 12.3. The largest absolute Gasteiger partial charge is 0.463 e. The number of benzene rings is 2. The third kappa shape index (κ3) is 7.32. The van der Waals surface area contributed by atoms with Crippen LogP contribution in [0, 0.1) is 22.6 Å². The first-order valence-electron chi connectivity index (χ1n) is 18.9. The van der Waals surface area contributed by atoms with Gasteiger partial charge in [0.1, 0.15) is 33.9 Å². The van der Waals surface area contributed by atoms with E-state index in [2.05, 4.69) is 10.3 Å². The lowest BCUT2D eigenvalue weighted by Gasteiger charge is -2.42. The summed E-state index contributed by atoms with van der Waals surface area (Å²) in [5, 5.41) is 12.1. The molecule has 2 aromatic heterocycles. The van der Waals surface area contributed by atoms with Gasteiger partial charge in [-0.15, -0.1) is 11.3 Å². The highest BCUT2D eigenvalue weighted by Crippen LogP contribution is 2.52. The average molecular weight is 845 g/mol. The molecule has 18 heteroatoms. The van der Waals surface area contributed by atoms with Crippen molar-refractivity contribution in [3.8, 4) is 23.2 Å². The van der Waals surface area contributed by atoms with Crippen LogP contribution >= 0.6 is 22.9 Å². The van der Waals surface area contributed by atoms with Gasteiger partial charge in [-0.05, 0) is 84.9 Å². The number of hydrogen-bond acceptors (Lipinski definition) is 11. The maximum Gasteiger partial charge on any atom is 0.417 e. The molecule has 2 aromatic carbocycles. The van der Waals surface area contributed by atoms with Crippen LogP contribution in [0.1, 0.15) is 78.4 Å². The zero-order chi connectivity index (χ0) is 41.7. The fraction of sp³-hybridized carbons (Fsp3) is 0.525. The van der Waals surface area contributed by atoms with Crippen molar-refractivity contribution in [2.75, 3.05) is 36.5 Å². The Morgan fingerprint density at radius 1 is 1.07 bits per heavy atom. The summed E-state index contributed by atoms with van der Waals surface area (Å²) >= 11 is 7.82. The minimum absolute atomic E-state index is 0.00132. The normalized spacial score (nSPS) is 22.9. The first-order chi connectivity index (χ1) is 27.1. The molecule has 4 aliphatic heterocycles. The molecule has 5 aliphatic rings. The van der Waals surface area contributed by atoms with Crippen LogP contribution in [0.5, 0.6) is 6.01 Å². The smallest absolute Gasteiger partial charge is 0.417 e. The van der Waals surface area contributed by atoms with Crippen molar-refractivity contribution in [1.82, 2.24) is 14.9 Å². The summed E-state index contributed by atoms with van der Waals surface area (Å²) < 4.78 is 84.7. The molecule has 6 heterocycles. The number of ether oxygens (including phenoxy) is 4. The molecule has 2 amide bonds. The number of carbonyl (C=O) groups is 2. The van der Waals surface area contributed by atoms with Crippen molar-refractivity contribution in [3.63, 3.8) is 0 Å². The second-order valence-corrected chi connectivity index (χ2v) is 18.9. The van der Waals surface area contributed by atoms with Gasteiger partial charge in [0, 0.05) is 46.9 Å². The zero-order valence-corrected chi connectivity index (χ0v) is 34.2. The number of halogens is 5. The molecule has 9 rings (SSSR count). The van der Waals surface area contributed by atoms with Crippen molar-refractivity contribution in [1.29, 1.82) is 5.26 Å². The van der Waals surface area contributed by atoms with Gasteiger partial charge in [0.2, 0.25) is 0 Å². The van der Waals surface area contributed by atoms with Crippen LogP contribution in [0.4, 0.5) is 38.0 Å². The number of piperazine rings is 1. The van der Waals surface area contributed by atoms with Gasteiger partial charge in [0.05, 0.1) is 45.7 Å². The molecule has 58 heavy (non-hydrogen) atoms. The summed E-state index contributed by atoms with van der Waals surface area (Å²) in [6.07, 6.45) is -3.40. The number of anilines is 2. The van der Waals surface area contributed by atoms with Crippen LogP contribution in [-0.2, 0) is 20.4 Å². The molecule has 1 saturated carbocycles. The molecular formula is C40H41ClF4N6O6S. The van der Waals surface area contributed by atoms with E-state index < -0.39 is 51.5 Å². The fourth-order valence-electron chi connectivity index (χ4n) is 8.45. The molecule has 0 radical (unpaired) electrons. The number of thiophene rings is 1. The topological polar surface area (TPSA) is 139 Å². The van der Waals surface area contributed by atoms with E-state index in [1.54, 1.807) is 46.4 Å². The lowest BCUT2D eigenvalue weighted by Crippen LogP contribution is -2.56. The highest BCUT2D eigenvalue weighted by molar-refractivity contribution is 7.23. The minimum atomic E-state index is -5.02. The van der Waals surface area contributed by atoms with Crippen LogP contribution < -0.4 is 15.0 Å². The minimum Gasteiger partial charge on any atom is -0.463 e. The van der Waals surface area contributed by atoms with Gasteiger partial charge >= 0.3 is 24.4 Å². The van der Waals surface area contributed by atoms with Gasteiger partial charge in [-0.25, -0.2) is 14.0 Å². The Labute approximate surface area is 340 Å². The highest BCUT2D eigenvalue weighted by atomic mass is 35.5. The molecule has 1 aliphatic carbocycles. The first kappa shape index (κ1) is 40.1. The number of aromatic nitrogens is 2. The summed E-state index contributed by atoms with van der Waals surface area (Å²) in [5.74, 6) is -0.652. The highest BCUT2D eigenvalue weighted by Gasteiger charge is 2.53. The van der Waals surface area contributed by atoms with Crippen LogP contribution in [-0.4, -0.2) is 82.7 Å². The monoisotopic (exact) mass is 844 g/mol. The predicted octanol–water partition coefficient (Wildman–Crippen LogP) is 9.69. The molecule has 4 bridgehead atoms. The molecular weight excluding hydrogens is 804 g/mol. The molecule has 1 N–H and O–H groups in total. The Morgan fingerprint density at radius 3 is 2.33 bits per heavy atom.